The largest absolute Gasteiger partial charge is 0.368 e. The number of anilines is 2. The first-order valence-corrected chi connectivity index (χ1v) is 5.36. The van der Waals surface area contributed by atoms with E-state index in [1.54, 1.807) is 6.20 Å². The third-order valence-corrected chi connectivity index (χ3v) is 2.55. The van der Waals surface area contributed by atoms with E-state index in [4.69, 9.17) is 5.73 Å². The first-order chi connectivity index (χ1) is 7.29. The number of hydrogen-bond donors (Lipinski definition) is 2. The van der Waals surface area contributed by atoms with Crippen LogP contribution in [0.5, 0.6) is 0 Å². The van der Waals surface area contributed by atoms with E-state index in [0.717, 1.165) is 25.5 Å². The average molecular weight is 207 g/mol. The summed E-state index contributed by atoms with van der Waals surface area (Å²) in [6.45, 7) is 5.28. The molecule has 0 saturated carbocycles. The molecule has 1 aromatic rings. The van der Waals surface area contributed by atoms with E-state index < -0.39 is 0 Å². The standard InChI is InChI=1S/C10H17N5/c1-2-4-12-8-6-15(7-8)9-3-5-13-10(11)14-9/h3,5,8,12H,2,4,6-7H2,1H3,(H2,11,13,14). The molecule has 1 fully saturated rings. The topological polar surface area (TPSA) is 67.1 Å². The van der Waals surface area contributed by atoms with E-state index in [1.165, 1.54) is 6.42 Å². The van der Waals surface area contributed by atoms with Gasteiger partial charge in [-0.25, -0.2) is 4.98 Å². The lowest BCUT2D eigenvalue weighted by Gasteiger charge is -2.40. The van der Waals surface area contributed by atoms with Crippen LogP contribution in [-0.2, 0) is 0 Å². The highest BCUT2D eigenvalue weighted by molar-refractivity contribution is 5.44. The molecule has 0 spiro atoms. The average Bonchev–Trinajstić information content (AvgIpc) is 2.16. The van der Waals surface area contributed by atoms with Crippen LogP contribution in [-0.4, -0.2) is 35.6 Å². The minimum Gasteiger partial charge on any atom is -0.368 e. The number of rotatable bonds is 4. The van der Waals surface area contributed by atoms with Gasteiger partial charge in [0.1, 0.15) is 5.82 Å². The second-order valence-electron chi connectivity index (χ2n) is 3.83. The highest BCUT2D eigenvalue weighted by Gasteiger charge is 2.26. The Hall–Kier alpha value is -1.36. The summed E-state index contributed by atoms with van der Waals surface area (Å²) in [5.41, 5.74) is 5.53. The smallest absolute Gasteiger partial charge is 0.221 e. The molecule has 5 nitrogen and oxygen atoms in total. The fraction of sp³-hybridized carbons (Fsp3) is 0.600. The molecule has 0 radical (unpaired) electrons. The Morgan fingerprint density at radius 3 is 3.07 bits per heavy atom. The zero-order valence-corrected chi connectivity index (χ0v) is 8.98. The molecule has 0 aliphatic carbocycles. The predicted octanol–water partition coefficient (Wildman–Crippen LogP) is 0.247. The third-order valence-electron chi connectivity index (χ3n) is 2.55. The van der Waals surface area contributed by atoms with Gasteiger partial charge in [-0.1, -0.05) is 6.92 Å². The van der Waals surface area contributed by atoms with Gasteiger partial charge in [-0.15, -0.1) is 0 Å². The molecule has 3 N–H and O–H groups in total. The van der Waals surface area contributed by atoms with Crippen LogP contribution in [0.1, 0.15) is 13.3 Å². The summed E-state index contributed by atoms with van der Waals surface area (Å²) in [5.74, 6) is 1.27. The summed E-state index contributed by atoms with van der Waals surface area (Å²) in [7, 11) is 0. The summed E-state index contributed by atoms with van der Waals surface area (Å²) in [6.07, 6.45) is 2.88. The van der Waals surface area contributed by atoms with Crippen molar-refractivity contribution < 1.29 is 0 Å². The second kappa shape index (κ2) is 4.44. The van der Waals surface area contributed by atoms with Gasteiger partial charge >= 0.3 is 0 Å². The van der Waals surface area contributed by atoms with Gasteiger partial charge in [-0.05, 0) is 19.0 Å². The molecule has 2 heterocycles. The van der Waals surface area contributed by atoms with Crippen LogP contribution >= 0.6 is 0 Å². The highest BCUT2D eigenvalue weighted by atomic mass is 15.3. The van der Waals surface area contributed by atoms with Gasteiger partial charge < -0.3 is 16.0 Å². The lowest BCUT2D eigenvalue weighted by molar-refractivity contribution is 0.418. The Labute approximate surface area is 89.7 Å². The molecule has 1 aliphatic heterocycles. The number of nitrogens with two attached hydrogens (primary N) is 1. The van der Waals surface area contributed by atoms with E-state index in [-0.39, 0.29) is 0 Å². The van der Waals surface area contributed by atoms with Crippen LogP contribution in [0.4, 0.5) is 11.8 Å². The summed E-state index contributed by atoms with van der Waals surface area (Å²) < 4.78 is 0. The van der Waals surface area contributed by atoms with Crippen molar-refractivity contribution >= 4 is 11.8 Å². The minimum atomic E-state index is 0.345. The molecule has 0 atom stereocenters. The molecule has 1 aromatic heterocycles. The molecule has 5 heteroatoms. The molecule has 82 valence electrons. The zero-order valence-electron chi connectivity index (χ0n) is 8.98. The van der Waals surface area contributed by atoms with Crippen molar-refractivity contribution in [1.29, 1.82) is 0 Å². The van der Waals surface area contributed by atoms with Gasteiger partial charge in [0.25, 0.3) is 0 Å². The van der Waals surface area contributed by atoms with Gasteiger partial charge in [0.05, 0.1) is 0 Å². The molecule has 2 rings (SSSR count). The van der Waals surface area contributed by atoms with Crippen LogP contribution in [0.15, 0.2) is 12.3 Å². The van der Waals surface area contributed by atoms with E-state index >= 15 is 0 Å². The van der Waals surface area contributed by atoms with E-state index in [1.807, 2.05) is 6.07 Å². The lowest BCUT2D eigenvalue weighted by Crippen LogP contribution is -2.58. The Morgan fingerprint density at radius 2 is 2.40 bits per heavy atom. The Kier molecular flexibility index (Phi) is 3.01. The Balaban J connectivity index is 1.84. The van der Waals surface area contributed by atoms with Crippen molar-refractivity contribution in [3.05, 3.63) is 12.3 Å². The fourth-order valence-electron chi connectivity index (χ4n) is 1.68. The SMILES string of the molecule is CCCNC1CN(c2ccnc(N)n2)C1. The predicted molar refractivity (Wildman–Crippen MR) is 60.7 cm³/mol. The maximum absolute atomic E-state index is 5.53. The van der Waals surface area contributed by atoms with Crippen molar-refractivity contribution in [1.82, 2.24) is 15.3 Å². The number of nitrogens with zero attached hydrogens (tertiary/aromatic N) is 3. The maximum atomic E-state index is 5.53. The van der Waals surface area contributed by atoms with Crippen molar-refractivity contribution in [3.8, 4) is 0 Å². The van der Waals surface area contributed by atoms with E-state index in [2.05, 4.69) is 27.1 Å². The van der Waals surface area contributed by atoms with Crippen LogP contribution < -0.4 is 16.0 Å². The van der Waals surface area contributed by atoms with Crippen molar-refractivity contribution in [3.63, 3.8) is 0 Å². The summed E-state index contributed by atoms with van der Waals surface area (Å²) >= 11 is 0. The van der Waals surface area contributed by atoms with Gasteiger partial charge in [-0.3, -0.25) is 0 Å². The Bertz CT molecular complexity index is 321. The third kappa shape index (κ3) is 2.36. The van der Waals surface area contributed by atoms with E-state index in [0.29, 0.717) is 12.0 Å². The van der Waals surface area contributed by atoms with Crippen molar-refractivity contribution in [2.45, 2.75) is 19.4 Å². The van der Waals surface area contributed by atoms with Gasteiger partial charge in [0.15, 0.2) is 0 Å². The molecule has 0 aromatic carbocycles. The van der Waals surface area contributed by atoms with Crippen LogP contribution in [0, 0.1) is 0 Å². The molecule has 0 unspecified atom stereocenters. The van der Waals surface area contributed by atoms with Gasteiger partial charge in [0.2, 0.25) is 5.95 Å². The van der Waals surface area contributed by atoms with Gasteiger partial charge in [0, 0.05) is 25.3 Å². The summed E-state index contributed by atoms with van der Waals surface area (Å²) in [4.78, 5) is 10.2. The Morgan fingerprint density at radius 1 is 1.60 bits per heavy atom. The maximum Gasteiger partial charge on any atom is 0.221 e. The molecular weight excluding hydrogens is 190 g/mol. The monoisotopic (exact) mass is 207 g/mol. The number of aromatic nitrogens is 2. The number of nitrogen functional groups attached to an aromatic ring is 1. The number of hydrogen-bond acceptors (Lipinski definition) is 5. The molecule has 1 aliphatic rings. The van der Waals surface area contributed by atoms with Crippen molar-refractivity contribution in [2.24, 2.45) is 0 Å². The normalized spacial score (nSPS) is 16.5. The fourth-order valence-corrected chi connectivity index (χ4v) is 1.68. The lowest BCUT2D eigenvalue weighted by atomic mass is 10.1. The highest BCUT2D eigenvalue weighted by Crippen LogP contribution is 2.18. The zero-order chi connectivity index (χ0) is 10.7. The quantitative estimate of drug-likeness (QED) is 0.740. The summed E-state index contributed by atoms with van der Waals surface area (Å²) in [5, 5.41) is 3.47. The summed E-state index contributed by atoms with van der Waals surface area (Å²) in [6, 6.07) is 2.49. The molecular formula is C10H17N5. The van der Waals surface area contributed by atoms with Gasteiger partial charge in [-0.2, -0.15) is 4.98 Å². The first kappa shape index (κ1) is 10.2. The van der Waals surface area contributed by atoms with Crippen LogP contribution in [0.3, 0.4) is 0 Å². The molecule has 1 saturated heterocycles. The van der Waals surface area contributed by atoms with Crippen molar-refractivity contribution in [2.75, 3.05) is 30.3 Å². The first-order valence-electron chi connectivity index (χ1n) is 5.36. The van der Waals surface area contributed by atoms with E-state index in [9.17, 15) is 0 Å². The number of nitrogens with one attached hydrogen (secondary N) is 1. The molecule has 15 heavy (non-hydrogen) atoms. The minimum absolute atomic E-state index is 0.345. The molecule has 0 amide bonds. The second-order valence-corrected chi connectivity index (χ2v) is 3.83. The molecule has 0 bridgehead atoms. The van der Waals surface area contributed by atoms with Crippen LogP contribution in [0.25, 0.3) is 0 Å². The van der Waals surface area contributed by atoms with Crippen LogP contribution in [0.2, 0.25) is 0 Å².